The predicted octanol–water partition coefficient (Wildman–Crippen LogP) is 7.97. The highest BCUT2D eigenvalue weighted by molar-refractivity contribution is 7.08. The molecular weight excluding hydrogens is 500 g/mol. The third-order valence-electron chi connectivity index (χ3n) is 6.12. The van der Waals surface area contributed by atoms with E-state index in [0.29, 0.717) is 42.6 Å². The van der Waals surface area contributed by atoms with E-state index in [1.807, 2.05) is 41.1 Å². The normalized spacial score (nSPS) is 10.8. The molecule has 0 unspecified atom stereocenters. The lowest BCUT2D eigenvalue weighted by Crippen LogP contribution is -2.08. The molecule has 4 rings (SSSR count). The Morgan fingerprint density at radius 1 is 0.895 bits per heavy atom. The Labute approximate surface area is 227 Å². The van der Waals surface area contributed by atoms with Crippen molar-refractivity contribution in [1.82, 2.24) is 0 Å². The first kappa shape index (κ1) is 27.1. The molecule has 0 fully saturated rings. The molecule has 3 aromatic carbocycles. The number of carboxylic acid groups (broad SMARTS) is 1. The summed E-state index contributed by atoms with van der Waals surface area (Å²) in [5, 5.41) is 24.1. The summed E-state index contributed by atoms with van der Waals surface area (Å²) in [5.41, 5.74) is 3.87. The van der Waals surface area contributed by atoms with E-state index in [1.54, 1.807) is 35.6 Å². The molecule has 0 spiro atoms. The van der Waals surface area contributed by atoms with E-state index in [4.69, 9.17) is 14.2 Å². The third kappa shape index (κ3) is 6.47. The van der Waals surface area contributed by atoms with Crippen LogP contribution in [-0.4, -0.2) is 29.4 Å². The van der Waals surface area contributed by atoms with Crippen LogP contribution in [-0.2, 0) is 12.8 Å². The Balaban J connectivity index is 1.39. The summed E-state index contributed by atoms with van der Waals surface area (Å²) < 4.78 is 18.2. The smallest absolute Gasteiger partial charge is 0.339 e. The molecule has 0 aliphatic rings. The van der Waals surface area contributed by atoms with Gasteiger partial charge in [-0.1, -0.05) is 38.5 Å². The monoisotopic (exact) mass is 532 g/mol. The number of aromatic hydroxyl groups is 1. The number of aromatic carboxylic acids is 1. The Bertz CT molecular complexity index is 1360. The second-order valence-electron chi connectivity index (χ2n) is 8.78. The number of hydrogen-bond acceptors (Lipinski definition) is 6. The Morgan fingerprint density at radius 3 is 2.34 bits per heavy atom. The van der Waals surface area contributed by atoms with Gasteiger partial charge in [0.15, 0.2) is 0 Å². The molecule has 0 aliphatic carbocycles. The number of aryl methyl sites for hydroxylation is 1. The van der Waals surface area contributed by atoms with E-state index in [2.05, 4.69) is 13.8 Å². The van der Waals surface area contributed by atoms with Gasteiger partial charge < -0.3 is 24.4 Å². The number of thiophene rings is 1. The van der Waals surface area contributed by atoms with Crippen molar-refractivity contribution < 1.29 is 29.2 Å². The number of ether oxygens (including phenoxy) is 3. The number of phenols is 1. The van der Waals surface area contributed by atoms with Gasteiger partial charge in [0.2, 0.25) is 0 Å². The van der Waals surface area contributed by atoms with Crippen molar-refractivity contribution in [3.8, 4) is 39.9 Å². The highest BCUT2D eigenvalue weighted by Gasteiger charge is 2.16. The Morgan fingerprint density at radius 2 is 1.63 bits per heavy atom. The molecule has 1 heterocycles. The summed E-state index contributed by atoms with van der Waals surface area (Å²) in [7, 11) is 0. The Hall–Kier alpha value is -3.97. The molecule has 6 nitrogen and oxygen atoms in total. The fourth-order valence-electron chi connectivity index (χ4n) is 4.22. The summed E-state index contributed by atoms with van der Waals surface area (Å²) in [6, 6.07) is 17.9. The molecule has 7 heteroatoms. The molecule has 0 atom stereocenters. The van der Waals surface area contributed by atoms with Crippen LogP contribution in [0.15, 0.2) is 71.4 Å². The van der Waals surface area contributed by atoms with Crippen LogP contribution in [0.3, 0.4) is 0 Å². The molecular formula is C31H32O6S. The van der Waals surface area contributed by atoms with E-state index in [-0.39, 0.29) is 11.3 Å². The average molecular weight is 533 g/mol. The van der Waals surface area contributed by atoms with E-state index in [9.17, 15) is 15.0 Å². The van der Waals surface area contributed by atoms with E-state index in [1.165, 1.54) is 6.07 Å². The lowest BCUT2D eigenvalue weighted by Gasteiger charge is -2.17. The van der Waals surface area contributed by atoms with Gasteiger partial charge in [-0.15, -0.1) is 0 Å². The van der Waals surface area contributed by atoms with Gasteiger partial charge in [-0.05, 0) is 71.1 Å². The fraction of sp³-hybridized carbons (Fsp3) is 0.258. The third-order valence-corrected chi connectivity index (χ3v) is 6.81. The van der Waals surface area contributed by atoms with Crippen LogP contribution in [0.1, 0.15) is 48.2 Å². The number of carboxylic acids is 1. The van der Waals surface area contributed by atoms with E-state index in [0.717, 1.165) is 41.5 Å². The molecule has 198 valence electrons. The molecule has 0 saturated carbocycles. The maximum Gasteiger partial charge on any atom is 0.339 e. The van der Waals surface area contributed by atoms with Crippen molar-refractivity contribution in [2.24, 2.45) is 0 Å². The molecule has 4 aromatic rings. The zero-order valence-electron chi connectivity index (χ0n) is 21.6. The largest absolute Gasteiger partial charge is 0.507 e. The summed E-state index contributed by atoms with van der Waals surface area (Å²) in [6.07, 6.45) is 3.05. The van der Waals surface area contributed by atoms with Gasteiger partial charge >= 0.3 is 5.97 Å². The van der Waals surface area contributed by atoms with Crippen molar-refractivity contribution in [2.45, 2.75) is 39.5 Å². The van der Waals surface area contributed by atoms with Crippen LogP contribution in [0, 0.1) is 0 Å². The molecule has 0 aliphatic heterocycles. The quantitative estimate of drug-likeness (QED) is 0.170. The first-order valence-corrected chi connectivity index (χ1v) is 13.7. The number of carbonyl (C=O) groups is 1. The SMILES string of the molecule is CCCc1c(OCCCOc2cc(O)c(-c3ccsc3)cc2CC)cccc1Oc1ccccc1C(=O)O. The first-order valence-electron chi connectivity index (χ1n) is 12.8. The maximum atomic E-state index is 11.6. The van der Waals surface area contributed by atoms with E-state index < -0.39 is 5.97 Å². The summed E-state index contributed by atoms with van der Waals surface area (Å²) in [5.74, 6) is 1.45. The zero-order chi connectivity index (χ0) is 26.9. The zero-order valence-corrected chi connectivity index (χ0v) is 22.4. The average Bonchev–Trinajstić information content (AvgIpc) is 3.45. The first-order chi connectivity index (χ1) is 18.5. The standard InChI is InChI=1S/C31H32O6S/c1-3-9-23-27(12-7-13-28(23)37-29-11-6-5-10-24(29)31(33)34)35-15-8-16-36-30-19-26(32)25(18-21(30)4-2)22-14-17-38-20-22/h5-7,10-14,17-20,32H,3-4,8-9,15-16H2,1-2H3,(H,33,34). The van der Waals surface area contributed by atoms with Gasteiger partial charge in [0.25, 0.3) is 0 Å². The summed E-state index contributed by atoms with van der Waals surface area (Å²) >= 11 is 1.60. The molecule has 0 bridgehead atoms. The van der Waals surface area contributed by atoms with Crippen molar-refractivity contribution in [3.63, 3.8) is 0 Å². The van der Waals surface area contributed by atoms with Crippen molar-refractivity contribution >= 4 is 17.3 Å². The number of para-hydroxylation sites is 1. The minimum Gasteiger partial charge on any atom is -0.507 e. The molecule has 38 heavy (non-hydrogen) atoms. The fourth-order valence-corrected chi connectivity index (χ4v) is 4.88. The maximum absolute atomic E-state index is 11.6. The molecule has 0 radical (unpaired) electrons. The van der Waals surface area contributed by atoms with Gasteiger partial charge in [-0.3, -0.25) is 0 Å². The minimum atomic E-state index is -1.04. The van der Waals surface area contributed by atoms with Gasteiger partial charge in [0.1, 0.15) is 34.3 Å². The van der Waals surface area contributed by atoms with Crippen LogP contribution in [0.4, 0.5) is 0 Å². The van der Waals surface area contributed by atoms with Crippen molar-refractivity contribution in [1.29, 1.82) is 0 Å². The molecule has 0 saturated heterocycles. The topological polar surface area (TPSA) is 85.2 Å². The molecule has 2 N–H and O–H groups in total. The highest BCUT2D eigenvalue weighted by atomic mass is 32.1. The number of rotatable bonds is 13. The molecule has 0 amide bonds. The highest BCUT2D eigenvalue weighted by Crippen LogP contribution is 2.37. The summed E-state index contributed by atoms with van der Waals surface area (Å²) in [6.45, 7) is 5.02. The lowest BCUT2D eigenvalue weighted by atomic mass is 10.0. The summed E-state index contributed by atoms with van der Waals surface area (Å²) in [4.78, 5) is 11.6. The van der Waals surface area contributed by atoms with E-state index >= 15 is 0 Å². The van der Waals surface area contributed by atoms with Gasteiger partial charge in [0, 0.05) is 23.6 Å². The number of phenolic OH excluding ortho intramolecular Hbond substituents is 1. The van der Waals surface area contributed by atoms with Gasteiger partial charge in [-0.2, -0.15) is 11.3 Å². The van der Waals surface area contributed by atoms with Crippen LogP contribution in [0.2, 0.25) is 0 Å². The second kappa shape index (κ2) is 13.0. The van der Waals surface area contributed by atoms with Crippen LogP contribution in [0.25, 0.3) is 11.1 Å². The van der Waals surface area contributed by atoms with Crippen molar-refractivity contribution in [3.05, 3.63) is 88.1 Å². The number of hydrogen-bond donors (Lipinski definition) is 2. The lowest BCUT2D eigenvalue weighted by molar-refractivity contribution is 0.0694. The van der Waals surface area contributed by atoms with Crippen molar-refractivity contribution in [2.75, 3.05) is 13.2 Å². The second-order valence-corrected chi connectivity index (χ2v) is 9.56. The van der Waals surface area contributed by atoms with Crippen LogP contribution < -0.4 is 14.2 Å². The minimum absolute atomic E-state index is 0.110. The van der Waals surface area contributed by atoms with Crippen LogP contribution in [0.5, 0.6) is 28.7 Å². The Kier molecular flexibility index (Phi) is 9.27. The van der Waals surface area contributed by atoms with Gasteiger partial charge in [0.05, 0.1) is 13.2 Å². The van der Waals surface area contributed by atoms with Crippen LogP contribution >= 0.6 is 11.3 Å². The molecule has 1 aromatic heterocycles. The van der Waals surface area contributed by atoms with Gasteiger partial charge in [-0.25, -0.2) is 4.79 Å². The number of benzene rings is 3. The predicted molar refractivity (Wildman–Crippen MR) is 150 cm³/mol.